The summed E-state index contributed by atoms with van der Waals surface area (Å²) in [6.07, 6.45) is 2.15. The van der Waals surface area contributed by atoms with Crippen LogP contribution in [0.2, 0.25) is 0 Å². The van der Waals surface area contributed by atoms with Crippen LogP contribution in [0.5, 0.6) is 0 Å². The largest absolute Gasteiger partial charge is 0.348 e. The molecule has 154 valence electrons. The van der Waals surface area contributed by atoms with Crippen molar-refractivity contribution in [2.45, 2.75) is 43.7 Å². The third-order valence-electron chi connectivity index (χ3n) is 4.89. The Morgan fingerprint density at radius 1 is 1.21 bits per heavy atom. The molecule has 9 heteroatoms. The van der Waals surface area contributed by atoms with Crippen LogP contribution < -0.4 is 14.9 Å². The number of hydrogen-bond donors (Lipinski definition) is 3. The molecule has 0 bridgehead atoms. The molecule has 1 aromatic rings. The third kappa shape index (κ3) is 5.52. The molecule has 0 atom stereocenters. The van der Waals surface area contributed by atoms with Gasteiger partial charge in [-0.05, 0) is 44.9 Å². The normalized spacial score (nSPS) is 18.3. The Hall–Kier alpha value is -1.97. The number of amides is 2. The Bertz CT molecular complexity index is 828. The molecule has 1 saturated carbocycles. The molecule has 0 aromatic heterocycles. The van der Waals surface area contributed by atoms with Gasteiger partial charge in [0.15, 0.2) is 6.54 Å². The van der Waals surface area contributed by atoms with Gasteiger partial charge >= 0.3 is 0 Å². The highest BCUT2D eigenvalue weighted by Crippen LogP contribution is 2.18. The Kier molecular flexibility index (Phi) is 6.36. The summed E-state index contributed by atoms with van der Waals surface area (Å²) < 4.78 is 27.2. The molecule has 3 rings (SSSR count). The Morgan fingerprint density at radius 3 is 2.50 bits per heavy atom. The van der Waals surface area contributed by atoms with Crippen molar-refractivity contribution in [3.8, 4) is 0 Å². The van der Waals surface area contributed by atoms with Crippen molar-refractivity contribution in [3.05, 3.63) is 29.8 Å². The Balaban J connectivity index is 1.57. The summed E-state index contributed by atoms with van der Waals surface area (Å²) in [6.45, 7) is 6.44. The molecule has 1 aliphatic heterocycles. The maximum absolute atomic E-state index is 12.8. The highest BCUT2D eigenvalue weighted by atomic mass is 32.2. The average Bonchev–Trinajstić information content (AvgIpc) is 3.44. The van der Waals surface area contributed by atoms with E-state index in [1.807, 2.05) is 0 Å². The molecular formula is C19H29N4O4S+. The lowest BCUT2D eigenvalue weighted by Gasteiger charge is -2.32. The lowest BCUT2D eigenvalue weighted by atomic mass is 10.2. The molecule has 28 heavy (non-hydrogen) atoms. The highest BCUT2D eigenvalue weighted by molar-refractivity contribution is 7.89. The lowest BCUT2D eigenvalue weighted by Crippen LogP contribution is -3.15. The maximum Gasteiger partial charge on any atom is 0.275 e. The maximum atomic E-state index is 12.8. The zero-order chi connectivity index (χ0) is 20.3. The van der Waals surface area contributed by atoms with Gasteiger partial charge in [0.25, 0.3) is 11.8 Å². The topological polar surface area (TPSA) is 100 Å². The monoisotopic (exact) mass is 409 g/mol. The number of sulfonamides is 1. The zero-order valence-electron chi connectivity index (χ0n) is 16.4. The molecule has 8 nitrogen and oxygen atoms in total. The van der Waals surface area contributed by atoms with E-state index in [1.54, 1.807) is 30.9 Å². The summed E-state index contributed by atoms with van der Waals surface area (Å²) in [7, 11) is -3.64. The van der Waals surface area contributed by atoms with Crippen LogP contribution in [0.4, 0.5) is 0 Å². The molecular weight excluding hydrogens is 380 g/mol. The number of nitrogens with zero attached hydrogens (tertiary/aromatic N) is 1. The van der Waals surface area contributed by atoms with Crippen LogP contribution >= 0.6 is 0 Å². The molecule has 1 aliphatic carbocycles. The Labute approximate surface area is 166 Å². The number of rotatable bonds is 7. The number of nitrogens with one attached hydrogen (secondary N) is 3. The molecule has 1 saturated heterocycles. The van der Waals surface area contributed by atoms with Gasteiger partial charge < -0.3 is 15.1 Å². The summed E-state index contributed by atoms with van der Waals surface area (Å²) in [5.74, 6) is -0.101. The van der Waals surface area contributed by atoms with Gasteiger partial charge in [0.05, 0.1) is 31.1 Å². The third-order valence-corrected chi connectivity index (χ3v) is 6.55. The minimum absolute atomic E-state index is 0.0767. The van der Waals surface area contributed by atoms with E-state index in [0.29, 0.717) is 44.3 Å². The molecule has 0 unspecified atom stereocenters. The molecule has 1 aromatic carbocycles. The second kappa shape index (κ2) is 8.59. The van der Waals surface area contributed by atoms with Crippen LogP contribution in [0.3, 0.4) is 0 Å². The van der Waals surface area contributed by atoms with Crippen molar-refractivity contribution < 1.29 is 22.9 Å². The number of benzene rings is 1. The minimum atomic E-state index is -3.64. The van der Waals surface area contributed by atoms with E-state index in [4.69, 9.17) is 0 Å². The van der Waals surface area contributed by atoms with Crippen LogP contribution in [-0.4, -0.2) is 69.9 Å². The second-order valence-corrected chi connectivity index (χ2v) is 9.58. The van der Waals surface area contributed by atoms with Gasteiger partial charge in [0.2, 0.25) is 10.0 Å². The van der Waals surface area contributed by atoms with E-state index >= 15 is 0 Å². The van der Waals surface area contributed by atoms with Gasteiger partial charge in [-0.1, -0.05) is 6.07 Å². The highest BCUT2D eigenvalue weighted by Gasteiger charge is 2.29. The number of carbonyl (C=O) groups excluding carboxylic acids is 2. The first-order chi connectivity index (χ1) is 13.2. The van der Waals surface area contributed by atoms with Gasteiger partial charge in [-0.3, -0.25) is 9.59 Å². The first-order valence-electron chi connectivity index (χ1n) is 9.79. The van der Waals surface area contributed by atoms with E-state index in [9.17, 15) is 18.0 Å². The van der Waals surface area contributed by atoms with Crippen LogP contribution in [0.25, 0.3) is 0 Å². The van der Waals surface area contributed by atoms with Gasteiger partial charge in [-0.15, -0.1) is 0 Å². The van der Waals surface area contributed by atoms with E-state index in [-0.39, 0.29) is 22.8 Å². The van der Waals surface area contributed by atoms with Crippen LogP contribution in [0.15, 0.2) is 29.2 Å². The zero-order valence-corrected chi connectivity index (χ0v) is 17.2. The minimum Gasteiger partial charge on any atom is -0.348 e. The average molecular weight is 410 g/mol. The lowest BCUT2D eigenvalue weighted by molar-refractivity contribution is -0.896. The number of piperazine rings is 1. The second-order valence-electron chi connectivity index (χ2n) is 7.86. The number of hydrogen-bond acceptors (Lipinski definition) is 4. The van der Waals surface area contributed by atoms with Crippen LogP contribution in [-0.2, 0) is 14.8 Å². The van der Waals surface area contributed by atoms with Crippen molar-refractivity contribution in [2.24, 2.45) is 0 Å². The molecule has 0 spiro atoms. The molecule has 2 fully saturated rings. The molecule has 0 radical (unpaired) electrons. The predicted molar refractivity (Wildman–Crippen MR) is 105 cm³/mol. The van der Waals surface area contributed by atoms with Crippen molar-refractivity contribution in [3.63, 3.8) is 0 Å². The van der Waals surface area contributed by atoms with Gasteiger partial charge in [0, 0.05) is 17.6 Å². The summed E-state index contributed by atoms with van der Waals surface area (Å²) in [5, 5.41) is 2.99. The molecule has 2 aliphatic rings. The van der Waals surface area contributed by atoms with E-state index < -0.39 is 10.0 Å². The first-order valence-corrected chi connectivity index (χ1v) is 11.3. The van der Waals surface area contributed by atoms with Crippen molar-refractivity contribution >= 4 is 21.8 Å². The SMILES string of the molecule is CC(C)NS(=O)(=O)c1cccc(C(=O)N2CC[NH+](CC(=O)NC3CC3)CC2)c1. The number of quaternary nitrogens is 1. The van der Waals surface area contributed by atoms with E-state index in [2.05, 4.69) is 10.0 Å². The quantitative estimate of drug-likeness (QED) is 0.537. The van der Waals surface area contributed by atoms with E-state index in [1.165, 1.54) is 17.0 Å². The standard InChI is InChI=1S/C19H28N4O4S/c1-14(2)21-28(26,27)17-5-3-4-15(12-17)19(25)23-10-8-22(9-11-23)13-18(24)20-16-6-7-16/h3-5,12,14,16,21H,6-11,13H2,1-2H3,(H,20,24)/p+1. The van der Waals surface area contributed by atoms with Crippen molar-refractivity contribution in [1.29, 1.82) is 0 Å². The molecule has 2 amide bonds. The fraction of sp³-hybridized carbons (Fsp3) is 0.579. The summed E-state index contributed by atoms with van der Waals surface area (Å²) in [6, 6.07) is 6.28. The summed E-state index contributed by atoms with van der Waals surface area (Å²) in [5.41, 5.74) is 0.363. The number of carbonyl (C=O) groups is 2. The predicted octanol–water partition coefficient (Wildman–Crippen LogP) is -1.01. The fourth-order valence-corrected chi connectivity index (χ4v) is 4.59. The summed E-state index contributed by atoms with van der Waals surface area (Å²) in [4.78, 5) is 27.7. The Morgan fingerprint density at radius 2 is 1.89 bits per heavy atom. The van der Waals surface area contributed by atoms with E-state index in [0.717, 1.165) is 12.8 Å². The van der Waals surface area contributed by atoms with Gasteiger partial charge in [0.1, 0.15) is 0 Å². The summed E-state index contributed by atoms with van der Waals surface area (Å²) >= 11 is 0. The van der Waals surface area contributed by atoms with Gasteiger partial charge in [-0.25, -0.2) is 13.1 Å². The van der Waals surface area contributed by atoms with Gasteiger partial charge in [-0.2, -0.15) is 0 Å². The first kappa shape index (κ1) is 20.8. The van der Waals surface area contributed by atoms with Crippen LogP contribution in [0, 0.1) is 0 Å². The fourth-order valence-electron chi connectivity index (χ4n) is 3.29. The van der Waals surface area contributed by atoms with Crippen molar-refractivity contribution in [1.82, 2.24) is 14.9 Å². The van der Waals surface area contributed by atoms with Crippen LogP contribution in [0.1, 0.15) is 37.0 Å². The molecule has 1 heterocycles. The smallest absolute Gasteiger partial charge is 0.275 e. The van der Waals surface area contributed by atoms with Crippen molar-refractivity contribution in [2.75, 3.05) is 32.7 Å². The molecule has 3 N–H and O–H groups in total.